The molecule has 10 heteroatoms. The van der Waals surface area contributed by atoms with Crippen LogP contribution in [0.25, 0.3) is 0 Å². The van der Waals surface area contributed by atoms with Crippen molar-refractivity contribution in [2.75, 3.05) is 12.5 Å². The van der Waals surface area contributed by atoms with E-state index in [9.17, 15) is 14.9 Å². The molecule has 3 rings (SSSR count). The van der Waals surface area contributed by atoms with Crippen LogP contribution in [0.3, 0.4) is 0 Å². The summed E-state index contributed by atoms with van der Waals surface area (Å²) in [4.78, 5) is 22.7. The fourth-order valence-electron chi connectivity index (χ4n) is 2.50. The largest absolute Gasteiger partial charge is 0.493 e. The van der Waals surface area contributed by atoms with Crippen LogP contribution in [0.15, 0.2) is 65.8 Å². The number of nitrogens with zero attached hydrogens (tertiary/aromatic N) is 2. The molecule has 0 atom stereocenters. The summed E-state index contributed by atoms with van der Waals surface area (Å²) in [5.74, 6) is -0.296. The molecule has 0 spiro atoms. The van der Waals surface area contributed by atoms with Crippen molar-refractivity contribution in [3.63, 3.8) is 0 Å². The molecule has 3 aromatic rings. The third kappa shape index (κ3) is 5.71. The Kier molecular flexibility index (Phi) is 7.07. The molecule has 1 N–H and O–H groups in total. The lowest BCUT2D eigenvalue weighted by molar-refractivity contribution is -0.384. The third-order valence-electron chi connectivity index (χ3n) is 4.01. The molecule has 8 nitrogen and oxygen atoms in total. The van der Waals surface area contributed by atoms with Gasteiger partial charge in [0.2, 0.25) is 0 Å². The monoisotopic (exact) mass is 459 g/mol. The lowest BCUT2D eigenvalue weighted by atomic mass is 10.2. The van der Waals surface area contributed by atoms with Crippen LogP contribution in [0.4, 0.5) is 11.4 Å². The van der Waals surface area contributed by atoms with Gasteiger partial charge in [-0.1, -0.05) is 29.3 Å². The zero-order chi connectivity index (χ0) is 22.4. The molecule has 31 heavy (non-hydrogen) atoms. The number of methoxy groups -OCH3 is 1. The molecule has 0 aliphatic rings. The first-order valence-corrected chi connectivity index (χ1v) is 9.52. The van der Waals surface area contributed by atoms with Crippen LogP contribution in [0, 0.1) is 10.1 Å². The van der Waals surface area contributed by atoms with Crippen molar-refractivity contribution in [1.82, 2.24) is 0 Å². The quantitative estimate of drug-likeness (QED) is 0.162. The topological polar surface area (TPSA) is 103 Å². The Morgan fingerprint density at radius 2 is 1.87 bits per heavy atom. The number of non-ortho nitro benzene ring substituents is 1. The second-order valence-electron chi connectivity index (χ2n) is 6.11. The number of hydrazone groups is 1. The molecule has 0 aliphatic heterocycles. The summed E-state index contributed by atoms with van der Waals surface area (Å²) >= 11 is 11.8. The van der Waals surface area contributed by atoms with E-state index in [2.05, 4.69) is 10.5 Å². The first-order chi connectivity index (χ1) is 14.9. The number of esters is 1. The molecule has 0 fully saturated rings. The molecule has 0 unspecified atom stereocenters. The minimum absolute atomic E-state index is 0.0488. The Hall–Kier alpha value is -3.62. The number of carbonyl (C=O) groups is 1. The van der Waals surface area contributed by atoms with Crippen LogP contribution in [0.5, 0.6) is 11.5 Å². The zero-order valence-electron chi connectivity index (χ0n) is 16.0. The van der Waals surface area contributed by atoms with Gasteiger partial charge in [0, 0.05) is 12.1 Å². The van der Waals surface area contributed by atoms with Crippen molar-refractivity contribution in [2.24, 2.45) is 5.10 Å². The van der Waals surface area contributed by atoms with Crippen molar-refractivity contribution >= 4 is 46.8 Å². The normalized spacial score (nSPS) is 10.7. The summed E-state index contributed by atoms with van der Waals surface area (Å²) in [6.45, 7) is 0. The molecule has 0 aromatic heterocycles. The predicted molar refractivity (Wildman–Crippen MR) is 119 cm³/mol. The van der Waals surface area contributed by atoms with Gasteiger partial charge in [-0.15, -0.1) is 0 Å². The third-order valence-corrected chi connectivity index (χ3v) is 4.75. The number of rotatable bonds is 7. The number of nitro benzene ring substituents is 1. The second kappa shape index (κ2) is 9.92. The van der Waals surface area contributed by atoms with E-state index in [1.807, 2.05) is 0 Å². The molecule has 0 heterocycles. The second-order valence-corrected chi connectivity index (χ2v) is 6.92. The van der Waals surface area contributed by atoms with Crippen molar-refractivity contribution in [3.8, 4) is 11.5 Å². The van der Waals surface area contributed by atoms with E-state index < -0.39 is 10.9 Å². The molecule has 0 saturated carbocycles. The van der Waals surface area contributed by atoms with E-state index in [0.29, 0.717) is 21.3 Å². The highest BCUT2D eigenvalue weighted by Crippen LogP contribution is 2.29. The van der Waals surface area contributed by atoms with Crippen molar-refractivity contribution in [1.29, 1.82) is 0 Å². The molecule has 0 radical (unpaired) electrons. The van der Waals surface area contributed by atoms with Crippen molar-refractivity contribution in [2.45, 2.75) is 0 Å². The minimum atomic E-state index is -0.746. The summed E-state index contributed by atoms with van der Waals surface area (Å²) in [6, 6.07) is 15.1. The number of halogens is 2. The van der Waals surface area contributed by atoms with Gasteiger partial charge in [0.15, 0.2) is 11.5 Å². The molecule has 0 saturated heterocycles. The van der Waals surface area contributed by atoms with E-state index in [1.165, 1.54) is 37.6 Å². The van der Waals surface area contributed by atoms with E-state index in [1.54, 1.807) is 30.3 Å². The summed E-state index contributed by atoms with van der Waals surface area (Å²) in [5, 5.41) is 15.8. The minimum Gasteiger partial charge on any atom is -0.493 e. The van der Waals surface area contributed by atoms with Gasteiger partial charge in [-0.25, -0.2) is 4.79 Å². The standard InChI is InChI=1S/C21H15Cl2N3O5/c1-30-20-9-13(12-24-25-15-6-7-17(22)18(23)11-15)5-8-19(20)31-21(27)14-3-2-4-16(10-14)26(28)29/h2-12,25H,1H3. The lowest BCUT2D eigenvalue weighted by Gasteiger charge is -2.10. The average molecular weight is 460 g/mol. The Morgan fingerprint density at radius 1 is 1.06 bits per heavy atom. The summed E-state index contributed by atoms with van der Waals surface area (Å²) in [6.07, 6.45) is 1.54. The Morgan fingerprint density at radius 3 is 2.58 bits per heavy atom. The van der Waals surface area contributed by atoms with Gasteiger partial charge in [-0.2, -0.15) is 5.10 Å². The van der Waals surface area contributed by atoms with Gasteiger partial charge >= 0.3 is 5.97 Å². The maximum absolute atomic E-state index is 12.4. The van der Waals surface area contributed by atoms with Crippen LogP contribution >= 0.6 is 23.2 Å². The maximum Gasteiger partial charge on any atom is 0.343 e. The number of benzene rings is 3. The summed E-state index contributed by atoms with van der Waals surface area (Å²) in [7, 11) is 1.43. The van der Waals surface area contributed by atoms with E-state index in [-0.39, 0.29) is 22.7 Å². The number of nitrogens with one attached hydrogen (secondary N) is 1. The van der Waals surface area contributed by atoms with Gasteiger partial charge in [-0.05, 0) is 48.0 Å². The van der Waals surface area contributed by atoms with E-state index >= 15 is 0 Å². The van der Waals surface area contributed by atoms with Gasteiger partial charge in [0.05, 0.1) is 39.5 Å². The van der Waals surface area contributed by atoms with Crippen LogP contribution in [0.1, 0.15) is 15.9 Å². The zero-order valence-corrected chi connectivity index (χ0v) is 17.6. The highest BCUT2D eigenvalue weighted by Gasteiger charge is 2.16. The highest BCUT2D eigenvalue weighted by atomic mass is 35.5. The molecule has 3 aromatic carbocycles. The van der Waals surface area contributed by atoms with Gasteiger partial charge in [0.25, 0.3) is 5.69 Å². The van der Waals surface area contributed by atoms with E-state index in [0.717, 1.165) is 6.07 Å². The van der Waals surface area contributed by atoms with Crippen LogP contribution in [0.2, 0.25) is 10.0 Å². The first kappa shape index (κ1) is 22.1. The van der Waals surface area contributed by atoms with Crippen LogP contribution in [-0.2, 0) is 0 Å². The first-order valence-electron chi connectivity index (χ1n) is 8.76. The van der Waals surface area contributed by atoms with Crippen LogP contribution < -0.4 is 14.9 Å². The molecular weight excluding hydrogens is 445 g/mol. The fraction of sp³-hybridized carbons (Fsp3) is 0.0476. The van der Waals surface area contributed by atoms with Gasteiger partial charge in [0.1, 0.15) is 0 Å². The number of nitro groups is 1. The lowest BCUT2D eigenvalue weighted by Crippen LogP contribution is -2.09. The number of anilines is 1. The fourth-order valence-corrected chi connectivity index (χ4v) is 2.80. The summed E-state index contributed by atoms with van der Waals surface area (Å²) in [5.41, 5.74) is 3.99. The Balaban J connectivity index is 1.72. The molecule has 0 amide bonds. The maximum atomic E-state index is 12.4. The van der Waals surface area contributed by atoms with E-state index in [4.69, 9.17) is 32.7 Å². The summed E-state index contributed by atoms with van der Waals surface area (Å²) < 4.78 is 10.6. The SMILES string of the molecule is COc1cc(C=NNc2ccc(Cl)c(Cl)c2)ccc1OC(=O)c1cccc([N+](=O)[O-])c1. The Bertz CT molecular complexity index is 1170. The number of carbonyl (C=O) groups excluding carboxylic acids is 1. The number of hydrogen-bond acceptors (Lipinski definition) is 7. The van der Waals surface area contributed by atoms with Crippen LogP contribution in [-0.4, -0.2) is 24.2 Å². The molecule has 158 valence electrons. The molecule has 0 aliphatic carbocycles. The smallest absolute Gasteiger partial charge is 0.343 e. The molecule has 0 bridgehead atoms. The Labute approximate surface area is 187 Å². The predicted octanol–water partition coefficient (Wildman–Crippen LogP) is 5.58. The average Bonchev–Trinajstić information content (AvgIpc) is 2.77. The number of hydrogen-bond donors (Lipinski definition) is 1. The van der Waals surface area contributed by atoms with Crippen molar-refractivity contribution in [3.05, 3.63) is 92.0 Å². The van der Waals surface area contributed by atoms with Gasteiger partial charge < -0.3 is 9.47 Å². The van der Waals surface area contributed by atoms with Crippen molar-refractivity contribution < 1.29 is 19.2 Å². The molecular formula is C21H15Cl2N3O5. The number of ether oxygens (including phenoxy) is 2. The van der Waals surface area contributed by atoms with Gasteiger partial charge in [-0.3, -0.25) is 15.5 Å². The highest BCUT2D eigenvalue weighted by molar-refractivity contribution is 6.42.